The predicted octanol–water partition coefficient (Wildman–Crippen LogP) is 2.51. The van der Waals surface area contributed by atoms with Gasteiger partial charge in [0.15, 0.2) is 0 Å². The number of pyridine rings is 1. The van der Waals surface area contributed by atoms with Crippen LogP contribution in [0.4, 0.5) is 5.82 Å². The van der Waals surface area contributed by atoms with Crippen LogP contribution in [0.3, 0.4) is 0 Å². The number of carbonyl (C=O) groups excluding carboxylic acids is 1. The Hall–Kier alpha value is -1.81. The van der Waals surface area contributed by atoms with Gasteiger partial charge in [0.1, 0.15) is 5.82 Å². The zero-order valence-electron chi connectivity index (χ0n) is 11.3. The number of benzene rings is 1. The molecule has 0 radical (unpaired) electrons. The summed E-state index contributed by atoms with van der Waals surface area (Å²) in [5.41, 5.74) is 7.38. The third-order valence-corrected chi connectivity index (χ3v) is 4.24. The lowest BCUT2D eigenvalue weighted by atomic mass is 10.1. The molecule has 1 aromatic heterocycles. The van der Waals surface area contributed by atoms with Crippen molar-refractivity contribution in [2.24, 2.45) is 11.7 Å². The first-order valence-electron chi connectivity index (χ1n) is 6.66. The van der Waals surface area contributed by atoms with Gasteiger partial charge in [-0.05, 0) is 37.1 Å². The van der Waals surface area contributed by atoms with Crippen molar-refractivity contribution in [1.29, 1.82) is 0 Å². The fourth-order valence-electron chi connectivity index (χ4n) is 2.69. The van der Waals surface area contributed by atoms with Gasteiger partial charge in [0.2, 0.25) is 5.91 Å². The second kappa shape index (κ2) is 4.94. The quantitative estimate of drug-likeness (QED) is 0.924. The monoisotopic (exact) mass is 289 g/mol. The molecule has 1 saturated heterocycles. The molecule has 20 heavy (non-hydrogen) atoms. The molecule has 1 aliphatic rings. The zero-order valence-corrected chi connectivity index (χ0v) is 12.0. The van der Waals surface area contributed by atoms with Gasteiger partial charge in [-0.3, -0.25) is 4.79 Å². The van der Waals surface area contributed by atoms with Crippen LogP contribution in [0.1, 0.15) is 12.0 Å². The van der Waals surface area contributed by atoms with E-state index in [1.54, 1.807) is 0 Å². The highest BCUT2D eigenvalue weighted by molar-refractivity contribution is 6.35. The Balaban J connectivity index is 1.98. The summed E-state index contributed by atoms with van der Waals surface area (Å²) in [4.78, 5) is 18.1. The first kappa shape index (κ1) is 13.2. The molecule has 1 fully saturated rings. The summed E-state index contributed by atoms with van der Waals surface area (Å²) in [5.74, 6) is 0.576. The molecular formula is C15H16ClN3O. The molecule has 1 unspecified atom stereocenters. The van der Waals surface area contributed by atoms with Crippen LogP contribution in [0.15, 0.2) is 24.3 Å². The molecule has 0 aliphatic carbocycles. The third-order valence-electron chi connectivity index (χ3n) is 3.91. The number of hydrogen-bond donors (Lipinski definition) is 1. The summed E-state index contributed by atoms with van der Waals surface area (Å²) in [7, 11) is 0. The molecule has 3 rings (SSSR count). The van der Waals surface area contributed by atoms with Crippen molar-refractivity contribution in [3.8, 4) is 0 Å². The van der Waals surface area contributed by atoms with Crippen molar-refractivity contribution in [1.82, 2.24) is 4.98 Å². The molecule has 1 aromatic carbocycles. The van der Waals surface area contributed by atoms with E-state index in [4.69, 9.17) is 22.3 Å². The minimum atomic E-state index is -0.229. The van der Waals surface area contributed by atoms with Crippen LogP contribution in [0.5, 0.6) is 0 Å². The molecule has 104 valence electrons. The number of amides is 1. The average Bonchev–Trinajstić information content (AvgIpc) is 2.93. The Morgan fingerprint density at radius 1 is 1.40 bits per heavy atom. The highest BCUT2D eigenvalue weighted by Crippen LogP contribution is 2.29. The highest BCUT2D eigenvalue weighted by Gasteiger charge is 2.27. The summed E-state index contributed by atoms with van der Waals surface area (Å²) < 4.78 is 0. The van der Waals surface area contributed by atoms with Crippen LogP contribution in [0, 0.1) is 12.8 Å². The Labute approximate surface area is 122 Å². The highest BCUT2D eigenvalue weighted by atomic mass is 35.5. The van der Waals surface area contributed by atoms with E-state index < -0.39 is 0 Å². The molecule has 5 heteroatoms. The van der Waals surface area contributed by atoms with Crippen LogP contribution in [0.25, 0.3) is 10.9 Å². The summed E-state index contributed by atoms with van der Waals surface area (Å²) in [6, 6.07) is 7.80. The normalized spacial score (nSPS) is 18.7. The number of nitrogens with zero attached hydrogens (tertiary/aromatic N) is 2. The largest absolute Gasteiger partial charge is 0.369 e. The maximum atomic E-state index is 11.2. The van der Waals surface area contributed by atoms with E-state index in [-0.39, 0.29) is 11.8 Å². The Morgan fingerprint density at radius 2 is 2.20 bits per heavy atom. The first-order valence-corrected chi connectivity index (χ1v) is 7.04. The van der Waals surface area contributed by atoms with Gasteiger partial charge in [0, 0.05) is 23.5 Å². The molecule has 0 bridgehead atoms. The molecule has 1 aliphatic heterocycles. The molecule has 1 amide bonds. The van der Waals surface area contributed by atoms with Gasteiger partial charge in [0.05, 0.1) is 11.4 Å². The molecule has 2 N–H and O–H groups in total. The van der Waals surface area contributed by atoms with E-state index in [0.29, 0.717) is 11.6 Å². The van der Waals surface area contributed by atoms with Crippen molar-refractivity contribution >= 4 is 34.2 Å². The van der Waals surface area contributed by atoms with E-state index in [2.05, 4.69) is 4.90 Å². The number of hydrogen-bond acceptors (Lipinski definition) is 3. The van der Waals surface area contributed by atoms with Gasteiger partial charge in [-0.15, -0.1) is 0 Å². The van der Waals surface area contributed by atoms with Gasteiger partial charge < -0.3 is 10.6 Å². The number of nitrogens with two attached hydrogens (primary N) is 1. The maximum Gasteiger partial charge on any atom is 0.222 e. The van der Waals surface area contributed by atoms with E-state index >= 15 is 0 Å². The van der Waals surface area contributed by atoms with Gasteiger partial charge >= 0.3 is 0 Å². The van der Waals surface area contributed by atoms with Gasteiger partial charge in [-0.25, -0.2) is 4.98 Å². The Bertz CT molecular complexity index is 686. The van der Waals surface area contributed by atoms with E-state index in [1.807, 2.05) is 31.2 Å². The number of fused-ring (bicyclic) bond motifs is 1. The summed E-state index contributed by atoms with van der Waals surface area (Å²) in [5, 5.41) is 1.67. The van der Waals surface area contributed by atoms with Crippen molar-refractivity contribution in [2.75, 3.05) is 18.0 Å². The fourth-order valence-corrected chi connectivity index (χ4v) is 2.90. The molecule has 2 heterocycles. The molecule has 1 atom stereocenters. The van der Waals surface area contributed by atoms with E-state index in [9.17, 15) is 4.79 Å². The lowest BCUT2D eigenvalue weighted by molar-refractivity contribution is -0.121. The Morgan fingerprint density at radius 3 is 2.90 bits per heavy atom. The number of primary amides is 1. The van der Waals surface area contributed by atoms with Crippen LogP contribution in [0.2, 0.25) is 5.02 Å². The minimum absolute atomic E-state index is 0.0760. The number of carbonyl (C=O) groups is 1. The lowest BCUT2D eigenvalue weighted by Crippen LogP contribution is -2.27. The molecule has 0 spiro atoms. The second-order valence-electron chi connectivity index (χ2n) is 5.26. The van der Waals surface area contributed by atoms with Crippen LogP contribution < -0.4 is 10.6 Å². The summed E-state index contributed by atoms with van der Waals surface area (Å²) in [6.45, 7) is 3.48. The number of halogens is 1. The SMILES string of the molecule is Cc1ccc(Cl)c2ccc(N3CCC(C(N)=O)C3)nc12. The molecule has 0 saturated carbocycles. The average molecular weight is 290 g/mol. The van der Waals surface area contributed by atoms with Gasteiger partial charge in [-0.1, -0.05) is 17.7 Å². The molecule has 2 aromatic rings. The van der Waals surface area contributed by atoms with Crippen molar-refractivity contribution in [3.05, 3.63) is 34.9 Å². The fraction of sp³-hybridized carbons (Fsp3) is 0.333. The van der Waals surface area contributed by atoms with Gasteiger partial charge in [0.25, 0.3) is 0 Å². The van der Waals surface area contributed by atoms with E-state index in [1.165, 1.54) is 0 Å². The van der Waals surface area contributed by atoms with Crippen molar-refractivity contribution < 1.29 is 4.79 Å². The molecule has 4 nitrogen and oxygen atoms in total. The first-order chi connectivity index (χ1) is 9.56. The van der Waals surface area contributed by atoms with Crippen molar-refractivity contribution in [2.45, 2.75) is 13.3 Å². The smallest absolute Gasteiger partial charge is 0.222 e. The topological polar surface area (TPSA) is 59.2 Å². The van der Waals surface area contributed by atoms with Crippen LogP contribution >= 0.6 is 11.6 Å². The Kier molecular flexibility index (Phi) is 3.26. The maximum absolute atomic E-state index is 11.2. The van der Waals surface area contributed by atoms with Crippen LogP contribution in [-0.4, -0.2) is 24.0 Å². The third kappa shape index (κ3) is 2.20. The standard InChI is InChI=1S/C15H16ClN3O/c1-9-2-4-12(16)11-3-5-13(18-14(9)11)19-7-6-10(8-19)15(17)20/h2-5,10H,6-8H2,1H3,(H2,17,20). The van der Waals surface area contributed by atoms with Crippen molar-refractivity contribution in [3.63, 3.8) is 0 Å². The predicted molar refractivity (Wildman–Crippen MR) is 81.0 cm³/mol. The van der Waals surface area contributed by atoms with Gasteiger partial charge in [-0.2, -0.15) is 0 Å². The number of anilines is 1. The number of aromatic nitrogens is 1. The summed E-state index contributed by atoms with van der Waals surface area (Å²) in [6.07, 6.45) is 0.795. The minimum Gasteiger partial charge on any atom is -0.369 e. The van der Waals surface area contributed by atoms with Crippen LogP contribution in [-0.2, 0) is 4.79 Å². The zero-order chi connectivity index (χ0) is 14.3. The second-order valence-corrected chi connectivity index (χ2v) is 5.67. The molecular weight excluding hydrogens is 274 g/mol. The summed E-state index contributed by atoms with van der Waals surface area (Å²) >= 11 is 6.19. The van der Waals surface area contributed by atoms with E-state index in [0.717, 1.165) is 35.2 Å². The number of aryl methyl sites for hydroxylation is 1. The lowest BCUT2D eigenvalue weighted by Gasteiger charge is -2.18. The number of rotatable bonds is 2.